The van der Waals surface area contributed by atoms with Crippen molar-refractivity contribution in [3.05, 3.63) is 0 Å². The van der Waals surface area contributed by atoms with Gasteiger partial charge in [-0.2, -0.15) is 17.0 Å². The molecule has 2 rings (SSSR count). The lowest BCUT2D eigenvalue weighted by atomic mass is 10.2. The van der Waals surface area contributed by atoms with E-state index in [-0.39, 0.29) is 13.1 Å². The third kappa shape index (κ3) is 2.88. The molecule has 2 amide bonds. The Balaban J connectivity index is 2.13. The number of imide groups is 1. The summed E-state index contributed by atoms with van der Waals surface area (Å²) in [6.45, 7) is 0.387. The van der Waals surface area contributed by atoms with Crippen LogP contribution in [-0.4, -0.2) is 55.0 Å². The molecule has 0 aromatic heterocycles. The second-order valence-corrected chi connectivity index (χ2v) is 6.49. The van der Waals surface area contributed by atoms with Crippen LogP contribution in [0.1, 0.15) is 25.7 Å². The van der Waals surface area contributed by atoms with Crippen molar-refractivity contribution in [2.45, 2.75) is 25.7 Å². The Kier molecular flexibility index (Phi) is 3.98. The van der Waals surface area contributed by atoms with Crippen molar-refractivity contribution in [1.29, 1.82) is 0 Å². The van der Waals surface area contributed by atoms with Gasteiger partial charge in [-0.1, -0.05) is 12.8 Å². The first-order valence-electron chi connectivity index (χ1n) is 6.08. The molecular weight excluding hydrogens is 258 g/mol. The molecule has 0 atom stereocenters. The molecule has 18 heavy (non-hydrogen) atoms. The highest BCUT2D eigenvalue weighted by molar-refractivity contribution is 7.86. The van der Waals surface area contributed by atoms with E-state index in [0.717, 1.165) is 30.0 Å². The summed E-state index contributed by atoms with van der Waals surface area (Å²) in [4.78, 5) is 22.4. The van der Waals surface area contributed by atoms with Gasteiger partial charge in [0.2, 0.25) is 11.8 Å². The maximum atomic E-state index is 12.3. The van der Waals surface area contributed by atoms with Crippen LogP contribution in [0.15, 0.2) is 0 Å². The van der Waals surface area contributed by atoms with E-state index in [9.17, 15) is 18.0 Å². The Bertz CT molecular complexity index is 424. The fourth-order valence-corrected chi connectivity index (χ4v) is 3.82. The minimum absolute atomic E-state index is 0.273. The Labute approximate surface area is 106 Å². The summed E-state index contributed by atoms with van der Waals surface area (Å²) in [6, 6.07) is 0. The molecule has 0 bridgehead atoms. The minimum atomic E-state index is -3.69. The number of hydrogen-bond donors (Lipinski definition) is 1. The van der Waals surface area contributed by atoms with Crippen LogP contribution in [0.2, 0.25) is 0 Å². The number of piperazine rings is 1. The smallest absolute Gasteiger partial charge is 0.282 e. The summed E-state index contributed by atoms with van der Waals surface area (Å²) in [6.07, 6.45) is 3.69. The van der Waals surface area contributed by atoms with E-state index in [2.05, 4.69) is 5.32 Å². The average Bonchev–Trinajstić information content (AvgIpc) is 2.56. The van der Waals surface area contributed by atoms with Gasteiger partial charge < -0.3 is 0 Å². The fourth-order valence-electron chi connectivity index (χ4n) is 2.21. The van der Waals surface area contributed by atoms with E-state index in [1.807, 2.05) is 0 Å². The second kappa shape index (κ2) is 5.33. The second-order valence-electron chi connectivity index (χ2n) is 4.56. The predicted octanol–water partition coefficient (Wildman–Crippen LogP) is -0.934. The third-order valence-corrected chi connectivity index (χ3v) is 5.06. The van der Waals surface area contributed by atoms with Gasteiger partial charge in [0.25, 0.3) is 10.2 Å². The van der Waals surface area contributed by atoms with E-state index in [4.69, 9.17) is 0 Å². The van der Waals surface area contributed by atoms with Crippen molar-refractivity contribution in [2.75, 3.05) is 26.2 Å². The number of carbonyl (C=O) groups excluding carboxylic acids is 2. The van der Waals surface area contributed by atoms with Gasteiger partial charge in [0.1, 0.15) is 0 Å². The van der Waals surface area contributed by atoms with Crippen LogP contribution in [-0.2, 0) is 19.8 Å². The molecule has 0 aromatic rings. The van der Waals surface area contributed by atoms with E-state index < -0.39 is 22.0 Å². The van der Waals surface area contributed by atoms with Gasteiger partial charge in [-0.3, -0.25) is 14.9 Å². The number of nitrogens with one attached hydrogen (secondary N) is 1. The number of amides is 2. The number of rotatable bonds is 2. The van der Waals surface area contributed by atoms with Crippen LogP contribution in [0, 0.1) is 0 Å². The van der Waals surface area contributed by atoms with Crippen LogP contribution in [0.3, 0.4) is 0 Å². The van der Waals surface area contributed by atoms with Crippen molar-refractivity contribution in [2.24, 2.45) is 0 Å². The molecule has 2 aliphatic heterocycles. The SMILES string of the molecule is O=C1CN(S(=O)(=O)N2CCCCCC2)CC(=O)N1. The molecule has 0 radical (unpaired) electrons. The molecular formula is C10H17N3O4S. The quantitative estimate of drug-likeness (QED) is 0.659. The van der Waals surface area contributed by atoms with Crippen LogP contribution in [0.5, 0.6) is 0 Å². The van der Waals surface area contributed by atoms with E-state index in [1.54, 1.807) is 0 Å². The van der Waals surface area contributed by atoms with Gasteiger partial charge in [0.05, 0.1) is 13.1 Å². The lowest BCUT2D eigenvalue weighted by molar-refractivity contribution is -0.134. The van der Waals surface area contributed by atoms with Gasteiger partial charge in [-0.25, -0.2) is 0 Å². The van der Waals surface area contributed by atoms with Gasteiger partial charge in [-0.15, -0.1) is 0 Å². The summed E-state index contributed by atoms with van der Waals surface area (Å²) in [5.74, 6) is -1.13. The zero-order valence-corrected chi connectivity index (χ0v) is 10.9. The van der Waals surface area contributed by atoms with Crippen molar-refractivity contribution >= 4 is 22.0 Å². The molecule has 1 N–H and O–H groups in total. The van der Waals surface area contributed by atoms with Crippen LogP contribution >= 0.6 is 0 Å². The Morgan fingerprint density at radius 2 is 1.33 bits per heavy atom. The van der Waals surface area contributed by atoms with Gasteiger partial charge >= 0.3 is 0 Å². The summed E-state index contributed by atoms with van der Waals surface area (Å²) >= 11 is 0. The lowest BCUT2D eigenvalue weighted by Crippen LogP contribution is -2.56. The molecule has 2 saturated heterocycles. The first-order valence-corrected chi connectivity index (χ1v) is 7.48. The van der Waals surface area contributed by atoms with Crippen molar-refractivity contribution in [1.82, 2.24) is 13.9 Å². The molecule has 0 aromatic carbocycles. The highest BCUT2D eigenvalue weighted by atomic mass is 32.2. The van der Waals surface area contributed by atoms with E-state index in [1.165, 1.54) is 4.31 Å². The molecule has 2 heterocycles. The molecule has 0 unspecified atom stereocenters. The minimum Gasteiger partial charge on any atom is -0.294 e. The Morgan fingerprint density at radius 3 is 1.83 bits per heavy atom. The topological polar surface area (TPSA) is 86.8 Å². The van der Waals surface area contributed by atoms with E-state index >= 15 is 0 Å². The Hall–Kier alpha value is -0.990. The molecule has 2 aliphatic rings. The molecule has 2 fully saturated rings. The monoisotopic (exact) mass is 275 g/mol. The average molecular weight is 275 g/mol. The summed E-state index contributed by atoms with van der Waals surface area (Å²) < 4.78 is 26.9. The first kappa shape index (κ1) is 13.4. The summed E-state index contributed by atoms with van der Waals surface area (Å²) in [5.41, 5.74) is 0. The van der Waals surface area contributed by atoms with Crippen molar-refractivity contribution < 1.29 is 18.0 Å². The third-order valence-electron chi connectivity index (χ3n) is 3.14. The van der Waals surface area contributed by atoms with E-state index in [0.29, 0.717) is 13.1 Å². The summed E-state index contributed by atoms with van der Waals surface area (Å²) in [5, 5.41) is 2.09. The summed E-state index contributed by atoms with van der Waals surface area (Å²) in [7, 11) is -3.69. The number of nitrogens with zero attached hydrogens (tertiary/aromatic N) is 2. The maximum absolute atomic E-state index is 12.3. The highest BCUT2D eigenvalue weighted by Gasteiger charge is 2.35. The van der Waals surface area contributed by atoms with Gasteiger partial charge in [0.15, 0.2) is 0 Å². The maximum Gasteiger partial charge on any atom is 0.282 e. The van der Waals surface area contributed by atoms with Gasteiger partial charge in [-0.05, 0) is 12.8 Å². The Morgan fingerprint density at radius 1 is 0.833 bits per heavy atom. The normalized spacial score (nSPS) is 24.7. The van der Waals surface area contributed by atoms with Crippen LogP contribution < -0.4 is 5.32 Å². The molecule has 7 nitrogen and oxygen atoms in total. The molecule has 0 aliphatic carbocycles. The largest absolute Gasteiger partial charge is 0.294 e. The van der Waals surface area contributed by atoms with Crippen LogP contribution in [0.4, 0.5) is 0 Å². The molecule has 102 valence electrons. The zero-order chi connectivity index (χ0) is 13.2. The van der Waals surface area contributed by atoms with Crippen molar-refractivity contribution in [3.63, 3.8) is 0 Å². The van der Waals surface area contributed by atoms with Gasteiger partial charge in [0, 0.05) is 13.1 Å². The van der Waals surface area contributed by atoms with Crippen molar-refractivity contribution in [3.8, 4) is 0 Å². The number of hydrogen-bond acceptors (Lipinski definition) is 4. The lowest BCUT2D eigenvalue weighted by Gasteiger charge is -2.30. The number of carbonyl (C=O) groups is 2. The first-order chi connectivity index (χ1) is 8.50. The molecule has 0 spiro atoms. The highest BCUT2D eigenvalue weighted by Crippen LogP contribution is 2.16. The molecule has 8 heteroatoms. The molecule has 0 saturated carbocycles. The predicted molar refractivity (Wildman–Crippen MR) is 63.7 cm³/mol. The van der Waals surface area contributed by atoms with Crippen LogP contribution in [0.25, 0.3) is 0 Å². The fraction of sp³-hybridized carbons (Fsp3) is 0.800. The standard InChI is InChI=1S/C10H17N3O4S/c14-9-7-13(8-10(15)11-9)18(16,17)12-5-3-1-2-4-6-12/h1-8H2,(H,11,14,15). The zero-order valence-electron chi connectivity index (χ0n) is 10.1.